The number of aromatic nitrogens is 1. The van der Waals surface area contributed by atoms with Crippen LogP contribution in [0.4, 0.5) is 8.78 Å². The average molecular weight is 280 g/mol. The number of hydrogen-bond acceptors (Lipinski definition) is 4. The summed E-state index contributed by atoms with van der Waals surface area (Å²) in [6.07, 6.45) is -2.17. The summed E-state index contributed by atoms with van der Waals surface area (Å²) in [5.74, 6) is -0.650. The Morgan fingerprint density at radius 3 is 2.72 bits per heavy atom. The Morgan fingerprint density at radius 1 is 1.56 bits per heavy atom. The van der Waals surface area contributed by atoms with Crippen LogP contribution < -0.4 is 4.74 Å². The van der Waals surface area contributed by atoms with Crippen LogP contribution in [-0.2, 0) is 16.0 Å². The van der Waals surface area contributed by atoms with Crippen LogP contribution in [0.5, 0.6) is 5.75 Å². The number of carbonyl (C=O) groups excluding carboxylic acids is 1. The average Bonchev–Trinajstić information content (AvgIpc) is 2.29. The molecule has 1 heterocycles. The molecule has 0 aliphatic rings. The molecule has 0 aliphatic heterocycles. The second-order valence-corrected chi connectivity index (χ2v) is 3.66. The van der Waals surface area contributed by atoms with Gasteiger partial charge in [0.15, 0.2) is 10.9 Å². The van der Waals surface area contributed by atoms with Crippen LogP contribution in [0.25, 0.3) is 0 Å². The number of alkyl halides is 2. The van der Waals surface area contributed by atoms with Gasteiger partial charge < -0.3 is 9.47 Å². The lowest BCUT2D eigenvalue weighted by molar-refractivity contribution is -0.142. The topological polar surface area (TPSA) is 48.4 Å². The fraction of sp³-hybridized carbons (Fsp3) is 0.455. The van der Waals surface area contributed by atoms with Gasteiger partial charge in [-0.2, -0.15) is 0 Å². The van der Waals surface area contributed by atoms with Crippen molar-refractivity contribution in [2.75, 3.05) is 13.7 Å². The zero-order valence-electron chi connectivity index (χ0n) is 9.87. The normalized spacial score (nSPS) is 10.6. The third kappa shape index (κ3) is 3.29. The van der Waals surface area contributed by atoms with E-state index >= 15 is 0 Å². The van der Waals surface area contributed by atoms with E-state index in [1.807, 2.05) is 0 Å². The molecule has 100 valence electrons. The fourth-order valence-electron chi connectivity index (χ4n) is 1.45. The Kier molecular flexibility index (Phi) is 5.27. The Bertz CT molecular complexity index is 441. The number of ether oxygens (including phenoxy) is 2. The van der Waals surface area contributed by atoms with Gasteiger partial charge in [-0.1, -0.05) is 11.6 Å². The van der Waals surface area contributed by atoms with Gasteiger partial charge in [-0.3, -0.25) is 4.79 Å². The SMILES string of the molecule is CCOC(=O)Cc1c(C(F)F)cnc(Cl)c1OC. The molecule has 0 amide bonds. The summed E-state index contributed by atoms with van der Waals surface area (Å²) in [4.78, 5) is 15.0. The molecule has 7 heteroatoms. The van der Waals surface area contributed by atoms with Crippen LogP contribution >= 0.6 is 11.6 Å². The third-order valence-corrected chi connectivity index (χ3v) is 2.46. The van der Waals surface area contributed by atoms with E-state index in [9.17, 15) is 13.6 Å². The molecule has 0 N–H and O–H groups in total. The molecule has 0 saturated carbocycles. The smallest absolute Gasteiger partial charge is 0.310 e. The highest BCUT2D eigenvalue weighted by atomic mass is 35.5. The van der Waals surface area contributed by atoms with Crippen LogP contribution in [0.1, 0.15) is 24.5 Å². The molecule has 1 aromatic heterocycles. The van der Waals surface area contributed by atoms with Gasteiger partial charge in [-0.15, -0.1) is 0 Å². The van der Waals surface area contributed by atoms with Crippen molar-refractivity contribution in [2.24, 2.45) is 0 Å². The zero-order valence-corrected chi connectivity index (χ0v) is 10.6. The number of pyridine rings is 1. The molecule has 0 radical (unpaired) electrons. The van der Waals surface area contributed by atoms with Crippen molar-refractivity contribution < 1.29 is 23.0 Å². The summed E-state index contributed by atoms with van der Waals surface area (Å²) >= 11 is 5.73. The standard InChI is InChI=1S/C11H12ClF2NO3/c1-3-18-8(16)4-6-7(11(13)14)5-15-10(12)9(6)17-2/h5,11H,3-4H2,1-2H3. The van der Waals surface area contributed by atoms with Crippen LogP contribution in [0.3, 0.4) is 0 Å². The number of methoxy groups -OCH3 is 1. The van der Waals surface area contributed by atoms with Gasteiger partial charge in [0, 0.05) is 17.3 Å². The van der Waals surface area contributed by atoms with E-state index in [1.54, 1.807) is 6.92 Å². The first-order chi connectivity index (χ1) is 8.51. The van der Waals surface area contributed by atoms with E-state index in [2.05, 4.69) is 4.98 Å². The fourth-order valence-corrected chi connectivity index (χ4v) is 1.69. The highest BCUT2D eigenvalue weighted by molar-refractivity contribution is 6.31. The second-order valence-electron chi connectivity index (χ2n) is 3.30. The molecule has 18 heavy (non-hydrogen) atoms. The van der Waals surface area contributed by atoms with Gasteiger partial charge in [-0.05, 0) is 6.92 Å². The molecule has 0 saturated heterocycles. The third-order valence-electron chi connectivity index (χ3n) is 2.19. The molecule has 0 aliphatic carbocycles. The molecular formula is C11H12ClF2NO3. The molecule has 0 fully saturated rings. The van der Waals surface area contributed by atoms with E-state index in [4.69, 9.17) is 21.1 Å². The zero-order chi connectivity index (χ0) is 13.7. The predicted molar refractivity (Wildman–Crippen MR) is 61.1 cm³/mol. The van der Waals surface area contributed by atoms with Gasteiger partial charge in [0.25, 0.3) is 6.43 Å². The summed E-state index contributed by atoms with van der Waals surface area (Å²) in [7, 11) is 1.27. The lowest BCUT2D eigenvalue weighted by Gasteiger charge is -2.13. The maximum atomic E-state index is 12.8. The van der Waals surface area contributed by atoms with Crippen molar-refractivity contribution in [3.8, 4) is 5.75 Å². The van der Waals surface area contributed by atoms with Crippen molar-refractivity contribution in [1.82, 2.24) is 4.98 Å². The van der Waals surface area contributed by atoms with E-state index in [0.29, 0.717) is 0 Å². The second kappa shape index (κ2) is 6.49. The number of hydrogen-bond donors (Lipinski definition) is 0. The van der Waals surface area contributed by atoms with E-state index < -0.39 is 12.4 Å². The summed E-state index contributed by atoms with van der Waals surface area (Å²) in [5, 5.41) is -0.0683. The van der Waals surface area contributed by atoms with Gasteiger partial charge >= 0.3 is 5.97 Å². The van der Waals surface area contributed by atoms with Crippen molar-refractivity contribution in [1.29, 1.82) is 0 Å². The molecule has 4 nitrogen and oxygen atoms in total. The summed E-state index contributed by atoms with van der Waals surface area (Å²) in [6, 6.07) is 0. The molecule has 0 atom stereocenters. The van der Waals surface area contributed by atoms with Crippen molar-refractivity contribution in [3.63, 3.8) is 0 Å². The number of rotatable bonds is 5. The highest BCUT2D eigenvalue weighted by Gasteiger charge is 2.22. The maximum absolute atomic E-state index is 12.8. The first kappa shape index (κ1) is 14.6. The Morgan fingerprint density at radius 2 is 2.22 bits per heavy atom. The predicted octanol–water partition coefficient (Wildman–Crippen LogP) is 2.79. The van der Waals surface area contributed by atoms with Gasteiger partial charge in [-0.25, -0.2) is 13.8 Å². The van der Waals surface area contributed by atoms with E-state index in [0.717, 1.165) is 6.20 Å². The highest BCUT2D eigenvalue weighted by Crippen LogP contribution is 2.34. The molecule has 1 rings (SSSR count). The van der Waals surface area contributed by atoms with Gasteiger partial charge in [0.1, 0.15) is 0 Å². The summed E-state index contributed by atoms with van der Waals surface area (Å²) in [5.41, 5.74) is -0.379. The minimum Gasteiger partial charge on any atom is -0.493 e. The van der Waals surface area contributed by atoms with Crippen molar-refractivity contribution >= 4 is 17.6 Å². The first-order valence-electron chi connectivity index (χ1n) is 5.16. The monoisotopic (exact) mass is 279 g/mol. The molecule has 0 aromatic carbocycles. The lowest BCUT2D eigenvalue weighted by atomic mass is 10.1. The van der Waals surface area contributed by atoms with Crippen LogP contribution in [0, 0.1) is 0 Å². The molecule has 1 aromatic rings. The minimum atomic E-state index is -2.77. The Labute approximate surface area is 108 Å². The number of halogens is 3. The summed E-state index contributed by atoms with van der Waals surface area (Å²) in [6.45, 7) is 1.80. The maximum Gasteiger partial charge on any atom is 0.310 e. The van der Waals surface area contributed by atoms with Gasteiger partial charge in [0.2, 0.25) is 0 Å². The minimum absolute atomic E-state index is 0.00551. The lowest BCUT2D eigenvalue weighted by Crippen LogP contribution is -2.11. The van der Waals surface area contributed by atoms with Crippen LogP contribution in [0.15, 0.2) is 6.20 Å². The van der Waals surface area contributed by atoms with Crippen molar-refractivity contribution in [3.05, 3.63) is 22.5 Å². The number of esters is 1. The van der Waals surface area contributed by atoms with Crippen molar-refractivity contribution in [2.45, 2.75) is 19.8 Å². The number of nitrogens with zero attached hydrogens (tertiary/aromatic N) is 1. The van der Waals surface area contributed by atoms with Crippen LogP contribution in [-0.4, -0.2) is 24.7 Å². The first-order valence-corrected chi connectivity index (χ1v) is 5.54. The van der Waals surface area contributed by atoms with Gasteiger partial charge in [0.05, 0.1) is 20.1 Å². The molecule has 0 unspecified atom stereocenters. The number of carbonyl (C=O) groups is 1. The molecule has 0 bridgehead atoms. The van der Waals surface area contributed by atoms with E-state index in [-0.39, 0.29) is 35.1 Å². The Balaban J connectivity index is 3.19. The van der Waals surface area contributed by atoms with Crippen LogP contribution in [0.2, 0.25) is 5.15 Å². The quantitative estimate of drug-likeness (QED) is 0.614. The molecule has 0 spiro atoms. The summed E-state index contributed by atoms with van der Waals surface area (Å²) < 4.78 is 35.3. The van der Waals surface area contributed by atoms with E-state index in [1.165, 1.54) is 7.11 Å². The largest absolute Gasteiger partial charge is 0.493 e. The Hall–Kier alpha value is -1.43. The molecular weight excluding hydrogens is 268 g/mol.